The van der Waals surface area contributed by atoms with Crippen LogP contribution in [0, 0.1) is 23.7 Å². The number of nitrogens with zero attached hydrogens (tertiary/aromatic N) is 4. The molecule has 0 bridgehead atoms. The van der Waals surface area contributed by atoms with Gasteiger partial charge < -0.3 is 44.6 Å². The smallest absolute Gasteiger partial charge is 0.407 e. The van der Waals surface area contributed by atoms with Crippen LogP contribution in [0.3, 0.4) is 0 Å². The van der Waals surface area contributed by atoms with Crippen LogP contribution < -0.4 is 10.6 Å². The van der Waals surface area contributed by atoms with Crippen LogP contribution in [-0.4, -0.2) is 104 Å². The summed E-state index contributed by atoms with van der Waals surface area (Å²) >= 11 is 0. The van der Waals surface area contributed by atoms with E-state index in [2.05, 4.69) is 81.3 Å². The molecule has 3 aromatic carbocycles. The molecule has 5 aliphatic rings. The van der Waals surface area contributed by atoms with Crippen LogP contribution >= 0.6 is 0 Å². The first kappa shape index (κ1) is 42.7. The van der Waals surface area contributed by atoms with Gasteiger partial charge in [0, 0.05) is 17.6 Å². The Hall–Kier alpha value is -6.22. The molecule has 340 valence electrons. The highest BCUT2D eigenvalue weighted by molar-refractivity contribution is 5.91. The van der Waals surface area contributed by atoms with Gasteiger partial charge in [-0.3, -0.25) is 9.59 Å². The molecule has 0 radical (unpaired) electrons. The minimum Gasteiger partial charge on any atom is -0.453 e. The van der Waals surface area contributed by atoms with Gasteiger partial charge in [-0.2, -0.15) is 0 Å². The summed E-state index contributed by atoms with van der Waals surface area (Å²) in [6.45, 7) is 7.88. The number of aromatic nitrogens is 4. The van der Waals surface area contributed by atoms with Crippen molar-refractivity contribution in [1.82, 2.24) is 40.4 Å². The van der Waals surface area contributed by atoms with Crippen LogP contribution in [-0.2, 0) is 23.8 Å². The third kappa shape index (κ3) is 8.23. The van der Waals surface area contributed by atoms with Gasteiger partial charge in [0.15, 0.2) is 0 Å². The Kier molecular flexibility index (Phi) is 11.2. The number of imidazole rings is 2. The number of amides is 4. The normalized spacial score (nSPS) is 27.5. The van der Waals surface area contributed by atoms with Gasteiger partial charge in [-0.05, 0) is 116 Å². The summed E-state index contributed by atoms with van der Waals surface area (Å²) in [5.74, 6) is 2.04. The quantitative estimate of drug-likeness (QED) is 0.102. The number of H-pyrrole nitrogens is 2. The fourth-order valence-corrected chi connectivity index (χ4v) is 11.1. The van der Waals surface area contributed by atoms with Crippen molar-refractivity contribution in [1.29, 1.82) is 0 Å². The van der Waals surface area contributed by atoms with E-state index in [1.807, 2.05) is 49.9 Å². The standard InChI is InChI=1S/C50H58N8O7/c1-25(2)43(55-49(61)63-5)47(59)57-39-19-34(39)21-41(57)45-51-23-37(53-45)29-9-7-28(8-10-29)30-11-12-32-18-33(14-13-31(32)17-30)38-24-52-46(54-38)42-22-35-20-40(35)58(42)48(60)44(56-50(62)64-6)36-15-26(3)65-27(4)16-36/h7-14,17-18,23-27,34-36,39-44H,15-16,19-22H2,1-6H3,(H,51,53)(H,52,54)(H,55,61)(H,56,62)/t26-,27+,34-,35-,36?,39-,40?,41+,42+,43+,44?/m1/s1. The maximum atomic E-state index is 14.5. The van der Waals surface area contributed by atoms with Gasteiger partial charge in [-0.1, -0.05) is 62.4 Å². The first-order valence-electron chi connectivity index (χ1n) is 23.1. The molecule has 3 unspecified atom stereocenters. The van der Waals surface area contributed by atoms with Gasteiger partial charge in [0.2, 0.25) is 11.8 Å². The third-order valence-corrected chi connectivity index (χ3v) is 14.5. The molecule has 3 saturated heterocycles. The summed E-state index contributed by atoms with van der Waals surface area (Å²) in [4.78, 5) is 73.5. The molecule has 5 aromatic rings. The largest absolute Gasteiger partial charge is 0.453 e. The van der Waals surface area contributed by atoms with Crippen molar-refractivity contribution >= 4 is 34.8 Å². The van der Waals surface area contributed by atoms with Gasteiger partial charge in [0.05, 0.1) is 62.3 Å². The van der Waals surface area contributed by atoms with Crippen molar-refractivity contribution < 1.29 is 33.4 Å². The van der Waals surface area contributed by atoms with E-state index in [9.17, 15) is 19.2 Å². The molecule has 4 N–H and O–H groups in total. The second-order valence-electron chi connectivity index (χ2n) is 19.3. The molecule has 2 aromatic heterocycles. The maximum absolute atomic E-state index is 14.5. The molecular weight excluding hydrogens is 825 g/mol. The molecule has 15 heteroatoms. The van der Waals surface area contributed by atoms with Crippen LogP contribution in [0.2, 0.25) is 0 Å². The monoisotopic (exact) mass is 882 g/mol. The minimum absolute atomic E-state index is 0.0107. The summed E-state index contributed by atoms with van der Waals surface area (Å²) in [6, 6.07) is 19.8. The zero-order valence-corrected chi connectivity index (χ0v) is 37.7. The number of benzene rings is 3. The first-order valence-corrected chi connectivity index (χ1v) is 23.1. The van der Waals surface area contributed by atoms with Crippen molar-refractivity contribution in [2.24, 2.45) is 23.7 Å². The maximum Gasteiger partial charge on any atom is 0.407 e. The topological polar surface area (TPSA) is 184 Å². The summed E-state index contributed by atoms with van der Waals surface area (Å²) < 4.78 is 15.8. The van der Waals surface area contributed by atoms with Crippen molar-refractivity contribution in [2.45, 2.75) is 115 Å². The Morgan fingerprint density at radius 1 is 0.646 bits per heavy atom. The van der Waals surface area contributed by atoms with Gasteiger partial charge in [-0.25, -0.2) is 19.6 Å². The molecule has 15 nitrogen and oxygen atoms in total. The minimum atomic E-state index is -0.706. The molecule has 2 aliphatic carbocycles. The number of likely N-dealkylation sites (tertiary alicyclic amines) is 2. The number of carbonyl (C=O) groups excluding carboxylic acids is 4. The number of methoxy groups -OCH3 is 2. The van der Waals surface area contributed by atoms with E-state index in [4.69, 9.17) is 24.2 Å². The molecule has 5 fully saturated rings. The molecular formula is C50H58N8O7. The highest BCUT2D eigenvalue weighted by Gasteiger charge is 2.58. The van der Waals surface area contributed by atoms with E-state index in [1.165, 1.54) is 14.2 Å². The van der Waals surface area contributed by atoms with Crippen molar-refractivity contribution in [3.8, 4) is 33.6 Å². The Balaban J connectivity index is 0.821. The van der Waals surface area contributed by atoms with Crippen LogP contribution in [0.15, 0.2) is 73.1 Å². The van der Waals surface area contributed by atoms with Crippen molar-refractivity contribution in [3.63, 3.8) is 0 Å². The number of piperidine rings is 2. The fraction of sp³-hybridized carbons (Fsp3) is 0.480. The van der Waals surface area contributed by atoms with Crippen LogP contribution in [0.4, 0.5) is 9.59 Å². The third-order valence-electron chi connectivity index (χ3n) is 14.5. The van der Waals surface area contributed by atoms with E-state index >= 15 is 0 Å². The average Bonchev–Trinajstić information content (AvgIpc) is 3.89. The van der Waals surface area contributed by atoms with E-state index in [0.29, 0.717) is 24.7 Å². The average molecular weight is 883 g/mol. The SMILES string of the molecule is COC(=O)NC(C(=O)N1C2C[C@@H]2C[C@H]1c1ncc(-c2ccc3cc(-c4ccc(-c5cnc([C@@H]6C[C@H]7C[C@H]7N6C(=O)[C@@H](NC(=O)OC)C(C)C)[nH]5)cc4)ccc3c2)[nH]1)C1C[C@@H](C)O[C@@H](C)C1. The first-order chi connectivity index (χ1) is 31.4. The van der Waals surface area contributed by atoms with Gasteiger partial charge in [-0.15, -0.1) is 0 Å². The Labute approximate surface area is 378 Å². The van der Waals surface area contributed by atoms with Crippen molar-refractivity contribution in [2.75, 3.05) is 14.2 Å². The van der Waals surface area contributed by atoms with E-state index in [1.54, 1.807) is 0 Å². The highest BCUT2D eigenvalue weighted by Crippen LogP contribution is 2.55. The predicted molar refractivity (Wildman–Crippen MR) is 243 cm³/mol. The fourth-order valence-electron chi connectivity index (χ4n) is 11.1. The van der Waals surface area contributed by atoms with Gasteiger partial charge in [0.25, 0.3) is 0 Å². The second kappa shape index (κ2) is 17.0. The van der Waals surface area contributed by atoms with E-state index in [0.717, 1.165) is 81.7 Å². The molecule has 2 saturated carbocycles. The number of aromatic amines is 2. The lowest BCUT2D eigenvalue weighted by Crippen LogP contribution is -2.55. The van der Waals surface area contributed by atoms with Crippen LogP contribution in [0.1, 0.15) is 90.0 Å². The lowest BCUT2D eigenvalue weighted by Gasteiger charge is -2.38. The van der Waals surface area contributed by atoms with Crippen LogP contribution in [0.5, 0.6) is 0 Å². The number of alkyl carbamates (subject to hydrolysis) is 2. The molecule has 0 spiro atoms. The molecule has 11 atom stereocenters. The summed E-state index contributed by atoms with van der Waals surface area (Å²) in [5.41, 5.74) is 5.94. The molecule has 4 amide bonds. The Morgan fingerprint density at radius 2 is 1.14 bits per heavy atom. The second-order valence-corrected chi connectivity index (χ2v) is 19.3. The van der Waals surface area contributed by atoms with Crippen molar-refractivity contribution in [3.05, 3.63) is 84.7 Å². The summed E-state index contributed by atoms with van der Waals surface area (Å²) in [6.07, 6.45) is 7.43. The summed E-state index contributed by atoms with van der Waals surface area (Å²) in [7, 11) is 2.63. The number of fused-ring (bicyclic) bond motifs is 3. The molecule has 5 heterocycles. The number of hydrogen-bond acceptors (Lipinski definition) is 9. The lowest BCUT2D eigenvalue weighted by molar-refractivity contribution is -0.140. The molecule has 10 rings (SSSR count). The van der Waals surface area contributed by atoms with E-state index in [-0.39, 0.29) is 60.0 Å². The lowest BCUT2D eigenvalue weighted by atomic mass is 9.85. The van der Waals surface area contributed by atoms with Gasteiger partial charge >= 0.3 is 12.2 Å². The van der Waals surface area contributed by atoms with Crippen LogP contribution in [0.25, 0.3) is 44.4 Å². The Morgan fingerprint density at radius 3 is 1.71 bits per heavy atom. The number of hydrogen-bond donors (Lipinski definition) is 4. The molecule has 3 aliphatic heterocycles. The van der Waals surface area contributed by atoms with Gasteiger partial charge in [0.1, 0.15) is 23.7 Å². The zero-order chi connectivity index (χ0) is 45.3. The number of ether oxygens (including phenoxy) is 3. The summed E-state index contributed by atoms with van der Waals surface area (Å²) in [5, 5.41) is 7.85. The number of nitrogens with one attached hydrogen (secondary N) is 4. The predicted octanol–water partition coefficient (Wildman–Crippen LogP) is 7.92. The number of carbonyl (C=O) groups is 4. The Bertz CT molecular complexity index is 2610. The number of rotatable bonds is 11. The molecule has 65 heavy (non-hydrogen) atoms. The highest BCUT2D eigenvalue weighted by atomic mass is 16.5. The zero-order valence-electron chi connectivity index (χ0n) is 37.7. The van der Waals surface area contributed by atoms with E-state index < -0.39 is 24.3 Å².